The third-order valence-electron chi connectivity index (χ3n) is 2.09. The molecular weight excluding hydrogens is 126 g/mol. The maximum atomic E-state index is 5.17. The van der Waals surface area contributed by atoms with E-state index in [1.807, 2.05) is 7.05 Å². The summed E-state index contributed by atoms with van der Waals surface area (Å²) >= 11 is 0. The van der Waals surface area contributed by atoms with E-state index in [9.17, 15) is 0 Å². The summed E-state index contributed by atoms with van der Waals surface area (Å²) in [4.78, 5) is 0. The van der Waals surface area contributed by atoms with Gasteiger partial charge in [-0.2, -0.15) is 0 Å². The van der Waals surface area contributed by atoms with Crippen LogP contribution in [0.2, 0.25) is 0 Å². The number of rotatable bonds is 3. The van der Waals surface area contributed by atoms with E-state index in [0.29, 0.717) is 5.54 Å². The lowest BCUT2D eigenvalue weighted by Crippen LogP contribution is -2.59. The normalized spacial score (nSPS) is 22.8. The molecule has 1 aliphatic heterocycles. The largest absolute Gasteiger partial charge is 0.377 e. The average Bonchev–Trinajstić information content (AvgIpc) is 1.78. The van der Waals surface area contributed by atoms with Crippen LogP contribution in [0.4, 0.5) is 0 Å². The topological polar surface area (TPSA) is 21.3 Å². The van der Waals surface area contributed by atoms with Crippen molar-refractivity contribution in [2.75, 3.05) is 20.3 Å². The van der Waals surface area contributed by atoms with Crippen LogP contribution in [-0.2, 0) is 4.74 Å². The Kier molecular flexibility index (Phi) is 2.32. The molecule has 2 nitrogen and oxygen atoms in total. The summed E-state index contributed by atoms with van der Waals surface area (Å²) in [6, 6.07) is 0. The van der Waals surface area contributed by atoms with Crippen LogP contribution in [0.5, 0.6) is 0 Å². The van der Waals surface area contributed by atoms with Gasteiger partial charge in [-0.25, -0.2) is 0 Å². The van der Waals surface area contributed by atoms with Crippen molar-refractivity contribution in [3.63, 3.8) is 0 Å². The molecule has 0 saturated carbocycles. The third-order valence-corrected chi connectivity index (χ3v) is 2.09. The Morgan fingerprint density at radius 1 is 1.50 bits per heavy atom. The second kappa shape index (κ2) is 2.89. The van der Waals surface area contributed by atoms with Gasteiger partial charge in [0.1, 0.15) is 0 Å². The highest BCUT2D eigenvalue weighted by Crippen LogP contribution is 2.24. The van der Waals surface area contributed by atoms with Gasteiger partial charge in [0.15, 0.2) is 0 Å². The van der Waals surface area contributed by atoms with Crippen molar-refractivity contribution < 1.29 is 4.74 Å². The van der Waals surface area contributed by atoms with Crippen LogP contribution in [0.15, 0.2) is 0 Å². The van der Waals surface area contributed by atoms with Gasteiger partial charge in [-0.05, 0) is 19.4 Å². The second-order valence-electron chi connectivity index (χ2n) is 3.62. The van der Waals surface area contributed by atoms with Crippen LogP contribution in [0.1, 0.15) is 20.3 Å². The number of nitrogens with one attached hydrogen (secondary N) is 1. The predicted molar refractivity (Wildman–Crippen MR) is 42.1 cm³/mol. The van der Waals surface area contributed by atoms with Gasteiger partial charge in [-0.1, -0.05) is 13.8 Å². The number of ether oxygens (including phenoxy) is 1. The molecule has 1 heterocycles. The molecular formula is C8H17NO. The fraction of sp³-hybridized carbons (Fsp3) is 1.00. The minimum Gasteiger partial charge on any atom is -0.377 e. The minimum atomic E-state index is 0.314. The lowest BCUT2D eigenvalue weighted by molar-refractivity contribution is -0.0798. The first-order chi connectivity index (χ1) is 4.68. The highest BCUT2D eigenvalue weighted by Gasteiger charge is 2.36. The van der Waals surface area contributed by atoms with Crippen molar-refractivity contribution in [2.24, 2.45) is 5.92 Å². The SMILES string of the molecule is CNC1(CC(C)C)COC1. The maximum Gasteiger partial charge on any atom is 0.0671 e. The molecule has 1 saturated heterocycles. The first-order valence-corrected chi connectivity index (χ1v) is 3.95. The molecule has 2 heteroatoms. The fourth-order valence-electron chi connectivity index (χ4n) is 1.49. The monoisotopic (exact) mass is 143 g/mol. The Labute approximate surface area is 63.0 Å². The molecule has 0 aromatic heterocycles. The first-order valence-electron chi connectivity index (χ1n) is 3.95. The molecule has 0 radical (unpaired) electrons. The molecule has 1 aliphatic rings. The molecule has 0 amide bonds. The summed E-state index contributed by atoms with van der Waals surface area (Å²) in [6.45, 7) is 6.28. The van der Waals surface area contributed by atoms with E-state index in [-0.39, 0.29) is 0 Å². The lowest BCUT2D eigenvalue weighted by atomic mass is 9.87. The van der Waals surface area contributed by atoms with Gasteiger partial charge in [-0.15, -0.1) is 0 Å². The average molecular weight is 143 g/mol. The standard InChI is InChI=1S/C8H17NO/c1-7(2)4-8(9-3)5-10-6-8/h7,9H,4-6H2,1-3H3. The molecule has 1 fully saturated rings. The van der Waals surface area contributed by atoms with Crippen LogP contribution < -0.4 is 5.32 Å². The van der Waals surface area contributed by atoms with Crippen molar-refractivity contribution in [1.82, 2.24) is 5.32 Å². The van der Waals surface area contributed by atoms with Crippen LogP contribution in [0.3, 0.4) is 0 Å². The van der Waals surface area contributed by atoms with E-state index in [1.54, 1.807) is 0 Å². The predicted octanol–water partition coefficient (Wildman–Crippen LogP) is 1.02. The van der Waals surface area contributed by atoms with E-state index in [2.05, 4.69) is 19.2 Å². The molecule has 0 spiro atoms. The summed E-state index contributed by atoms with van der Waals surface area (Å²) in [6.07, 6.45) is 1.23. The van der Waals surface area contributed by atoms with Crippen molar-refractivity contribution in [3.05, 3.63) is 0 Å². The van der Waals surface area contributed by atoms with E-state index in [0.717, 1.165) is 19.1 Å². The molecule has 0 unspecified atom stereocenters. The lowest BCUT2D eigenvalue weighted by Gasteiger charge is -2.42. The molecule has 10 heavy (non-hydrogen) atoms. The summed E-state index contributed by atoms with van der Waals surface area (Å²) in [5.41, 5.74) is 0.314. The van der Waals surface area contributed by atoms with E-state index in [1.165, 1.54) is 6.42 Å². The van der Waals surface area contributed by atoms with Gasteiger partial charge in [0.25, 0.3) is 0 Å². The second-order valence-corrected chi connectivity index (χ2v) is 3.62. The van der Waals surface area contributed by atoms with Crippen LogP contribution in [0.25, 0.3) is 0 Å². The van der Waals surface area contributed by atoms with Crippen molar-refractivity contribution in [2.45, 2.75) is 25.8 Å². The Morgan fingerprint density at radius 2 is 2.10 bits per heavy atom. The van der Waals surface area contributed by atoms with Gasteiger partial charge in [-0.3, -0.25) is 0 Å². The molecule has 0 aromatic rings. The highest BCUT2D eigenvalue weighted by atomic mass is 16.5. The first kappa shape index (κ1) is 8.02. The fourth-order valence-corrected chi connectivity index (χ4v) is 1.49. The van der Waals surface area contributed by atoms with Crippen LogP contribution in [0, 0.1) is 5.92 Å². The maximum absolute atomic E-state index is 5.17. The summed E-state index contributed by atoms with van der Waals surface area (Å²) in [7, 11) is 2.02. The molecule has 1 N–H and O–H groups in total. The van der Waals surface area contributed by atoms with Gasteiger partial charge < -0.3 is 10.1 Å². The Balaban J connectivity index is 2.33. The Morgan fingerprint density at radius 3 is 2.20 bits per heavy atom. The van der Waals surface area contributed by atoms with Crippen molar-refractivity contribution >= 4 is 0 Å². The van der Waals surface area contributed by atoms with Crippen molar-refractivity contribution in [3.8, 4) is 0 Å². The van der Waals surface area contributed by atoms with Gasteiger partial charge in [0, 0.05) is 0 Å². The Bertz CT molecular complexity index is 102. The number of hydrogen-bond donors (Lipinski definition) is 1. The Hall–Kier alpha value is -0.0800. The number of likely N-dealkylation sites (N-methyl/N-ethyl adjacent to an activating group) is 1. The molecule has 0 aromatic carbocycles. The molecule has 0 bridgehead atoms. The van der Waals surface area contributed by atoms with E-state index < -0.39 is 0 Å². The van der Waals surface area contributed by atoms with Crippen LogP contribution >= 0.6 is 0 Å². The van der Waals surface area contributed by atoms with Gasteiger partial charge in [0.2, 0.25) is 0 Å². The third kappa shape index (κ3) is 1.50. The molecule has 60 valence electrons. The molecule has 0 atom stereocenters. The number of hydrogen-bond acceptors (Lipinski definition) is 2. The van der Waals surface area contributed by atoms with Gasteiger partial charge in [0.05, 0.1) is 18.8 Å². The summed E-state index contributed by atoms with van der Waals surface area (Å²) in [5.74, 6) is 0.761. The zero-order valence-corrected chi connectivity index (χ0v) is 7.11. The highest BCUT2D eigenvalue weighted by molar-refractivity contribution is 4.93. The minimum absolute atomic E-state index is 0.314. The zero-order valence-electron chi connectivity index (χ0n) is 7.11. The van der Waals surface area contributed by atoms with Crippen LogP contribution in [-0.4, -0.2) is 25.8 Å². The smallest absolute Gasteiger partial charge is 0.0671 e. The van der Waals surface area contributed by atoms with E-state index in [4.69, 9.17) is 4.74 Å². The van der Waals surface area contributed by atoms with Gasteiger partial charge >= 0.3 is 0 Å². The van der Waals surface area contributed by atoms with E-state index >= 15 is 0 Å². The zero-order chi connectivity index (χ0) is 7.61. The van der Waals surface area contributed by atoms with Crippen molar-refractivity contribution in [1.29, 1.82) is 0 Å². The quantitative estimate of drug-likeness (QED) is 0.637. The molecule has 1 rings (SSSR count). The summed E-state index contributed by atoms with van der Waals surface area (Å²) in [5, 5.41) is 3.32. The molecule has 0 aliphatic carbocycles. The summed E-state index contributed by atoms with van der Waals surface area (Å²) < 4.78 is 5.17.